The molecule has 4 rings (SSSR count). The molecule has 0 radical (unpaired) electrons. The summed E-state index contributed by atoms with van der Waals surface area (Å²) in [5.74, 6) is 0. The van der Waals surface area contributed by atoms with Crippen molar-refractivity contribution in [2.75, 3.05) is 6.61 Å². The third-order valence-electron chi connectivity index (χ3n) is 4.70. The largest absolute Gasteiger partial charge is 0.367 e. The fourth-order valence-corrected chi connectivity index (χ4v) is 3.64. The molecular weight excluding hydrogens is 339 g/mol. The van der Waals surface area contributed by atoms with Gasteiger partial charge >= 0.3 is 0 Å². The van der Waals surface area contributed by atoms with E-state index in [2.05, 4.69) is 12.1 Å². The number of benzene rings is 2. The smallest absolute Gasteiger partial charge is 0.115 e. The molecule has 1 saturated carbocycles. The Labute approximate surface area is 145 Å². The van der Waals surface area contributed by atoms with Crippen molar-refractivity contribution in [3.05, 3.63) is 58.1 Å². The average Bonchev–Trinajstić information content (AvgIpc) is 3.41. The maximum absolute atomic E-state index is 6.56. The molecule has 4 heteroatoms. The molecule has 2 aromatic carbocycles. The third-order valence-corrected chi connectivity index (χ3v) is 6.03. The van der Waals surface area contributed by atoms with Gasteiger partial charge in [-0.2, -0.15) is 0 Å². The Morgan fingerprint density at radius 1 is 0.955 bits per heavy atom. The zero-order valence-electron chi connectivity index (χ0n) is 11.9. The van der Waals surface area contributed by atoms with Crippen molar-refractivity contribution in [2.45, 2.75) is 29.7 Å². The van der Waals surface area contributed by atoms with Gasteiger partial charge in [0.05, 0.1) is 11.5 Å². The van der Waals surface area contributed by atoms with Gasteiger partial charge in [-0.15, -0.1) is 11.6 Å². The van der Waals surface area contributed by atoms with Crippen molar-refractivity contribution in [1.29, 1.82) is 0 Å². The highest BCUT2D eigenvalue weighted by Crippen LogP contribution is 2.59. The second-order valence-electron chi connectivity index (χ2n) is 6.24. The van der Waals surface area contributed by atoms with E-state index in [0.29, 0.717) is 0 Å². The van der Waals surface area contributed by atoms with Crippen LogP contribution >= 0.6 is 34.8 Å². The van der Waals surface area contributed by atoms with Crippen LogP contribution in [0, 0.1) is 0 Å². The zero-order valence-corrected chi connectivity index (χ0v) is 14.2. The van der Waals surface area contributed by atoms with Gasteiger partial charge in [0.2, 0.25) is 0 Å². The van der Waals surface area contributed by atoms with E-state index in [1.54, 1.807) is 0 Å². The van der Waals surface area contributed by atoms with Crippen LogP contribution < -0.4 is 0 Å². The van der Waals surface area contributed by atoms with E-state index in [0.717, 1.165) is 52.6 Å². The first-order valence-corrected chi connectivity index (χ1v) is 8.52. The minimum Gasteiger partial charge on any atom is -0.367 e. The monoisotopic (exact) mass is 352 g/mol. The van der Waals surface area contributed by atoms with Crippen LogP contribution in [0.1, 0.15) is 18.4 Å². The van der Waals surface area contributed by atoms with Gasteiger partial charge in [-0.3, -0.25) is 0 Å². The molecule has 0 bridgehead atoms. The fourth-order valence-electron chi connectivity index (χ4n) is 2.99. The van der Waals surface area contributed by atoms with Crippen LogP contribution in [-0.4, -0.2) is 17.1 Å². The van der Waals surface area contributed by atoms with Crippen LogP contribution in [0.5, 0.6) is 0 Å². The van der Waals surface area contributed by atoms with Crippen molar-refractivity contribution >= 4 is 34.8 Å². The van der Waals surface area contributed by atoms with E-state index in [9.17, 15) is 0 Å². The predicted molar refractivity (Wildman–Crippen MR) is 92.1 cm³/mol. The van der Waals surface area contributed by atoms with Crippen LogP contribution in [0.2, 0.25) is 10.0 Å². The maximum Gasteiger partial charge on any atom is 0.115 e. The van der Waals surface area contributed by atoms with E-state index < -0.39 is 0 Å². The number of ether oxygens (including phenoxy) is 1. The average molecular weight is 354 g/mol. The molecule has 1 aliphatic carbocycles. The lowest BCUT2D eigenvalue weighted by Crippen LogP contribution is -2.29. The summed E-state index contributed by atoms with van der Waals surface area (Å²) in [6, 6.07) is 13.9. The summed E-state index contributed by atoms with van der Waals surface area (Å²) in [6.07, 6.45) is 2.86. The number of hydrogen-bond acceptors (Lipinski definition) is 1. The lowest BCUT2D eigenvalue weighted by Gasteiger charge is -2.18. The third kappa shape index (κ3) is 2.55. The first-order chi connectivity index (χ1) is 10.5. The van der Waals surface area contributed by atoms with Crippen LogP contribution in [0.25, 0.3) is 11.1 Å². The molecule has 1 heterocycles. The standard InChI is InChI=1S/C18H15Cl3O/c19-15-5-3-12(4-6-15)13-1-2-14(16(20)9-13)10-18(11-22-18)17(21)7-8-17/h1-6,9H,7-8,10-11H2. The molecule has 1 saturated heterocycles. The van der Waals surface area contributed by atoms with Crippen molar-refractivity contribution in [1.82, 2.24) is 0 Å². The molecule has 2 fully saturated rings. The van der Waals surface area contributed by atoms with Gasteiger partial charge in [0.1, 0.15) is 5.60 Å². The highest BCUT2D eigenvalue weighted by Gasteiger charge is 2.66. The summed E-state index contributed by atoms with van der Waals surface area (Å²) in [5, 5.41) is 1.50. The summed E-state index contributed by atoms with van der Waals surface area (Å²) in [4.78, 5) is -0.162. The number of rotatable bonds is 4. The molecule has 0 amide bonds. The Morgan fingerprint density at radius 3 is 2.14 bits per heavy atom. The first kappa shape index (κ1) is 14.8. The number of alkyl halides is 1. The Balaban J connectivity index is 1.59. The van der Waals surface area contributed by atoms with Gasteiger partial charge < -0.3 is 4.74 Å². The van der Waals surface area contributed by atoms with Crippen LogP contribution in [-0.2, 0) is 11.2 Å². The summed E-state index contributed by atoms with van der Waals surface area (Å²) in [7, 11) is 0. The summed E-state index contributed by atoms with van der Waals surface area (Å²) < 4.78 is 5.70. The highest BCUT2D eigenvalue weighted by molar-refractivity contribution is 6.32. The Kier molecular flexibility index (Phi) is 3.47. The van der Waals surface area contributed by atoms with E-state index in [1.165, 1.54) is 0 Å². The Morgan fingerprint density at radius 2 is 1.59 bits per heavy atom. The number of halogens is 3. The predicted octanol–water partition coefficient (Wildman–Crippen LogP) is 5.74. The van der Waals surface area contributed by atoms with E-state index in [4.69, 9.17) is 39.5 Å². The molecule has 1 aliphatic heterocycles. The molecular formula is C18H15Cl3O. The summed E-state index contributed by atoms with van der Waals surface area (Å²) in [5.41, 5.74) is 3.10. The van der Waals surface area contributed by atoms with Gasteiger partial charge in [-0.1, -0.05) is 47.5 Å². The van der Waals surface area contributed by atoms with E-state index in [-0.39, 0.29) is 10.5 Å². The Hall–Kier alpha value is -0.730. The molecule has 114 valence electrons. The fraction of sp³-hybridized carbons (Fsp3) is 0.333. The zero-order chi connectivity index (χ0) is 15.4. The minimum absolute atomic E-state index is 0.162. The molecule has 2 aromatic rings. The van der Waals surface area contributed by atoms with Crippen LogP contribution in [0.3, 0.4) is 0 Å². The van der Waals surface area contributed by atoms with Crippen molar-refractivity contribution in [2.24, 2.45) is 0 Å². The van der Waals surface area contributed by atoms with Gasteiger partial charge in [-0.05, 0) is 47.7 Å². The molecule has 0 aromatic heterocycles. The van der Waals surface area contributed by atoms with Crippen LogP contribution in [0.4, 0.5) is 0 Å². The first-order valence-electron chi connectivity index (χ1n) is 7.39. The van der Waals surface area contributed by atoms with Gasteiger partial charge in [0, 0.05) is 16.5 Å². The minimum atomic E-state index is -0.194. The molecule has 1 nitrogen and oxygen atoms in total. The van der Waals surface area contributed by atoms with Crippen molar-refractivity contribution in [3.8, 4) is 11.1 Å². The molecule has 1 atom stereocenters. The second-order valence-corrected chi connectivity index (χ2v) is 7.81. The SMILES string of the molecule is Clc1ccc(-c2ccc(CC3(C4(Cl)CC4)CO3)c(Cl)c2)cc1. The second kappa shape index (κ2) is 5.14. The molecule has 0 spiro atoms. The summed E-state index contributed by atoms with van der Waals surface area (Å²) in [6.45, 7) is 0.742. The molecule has 1 unspecified atom stereocenters. The maximum atomic E-state index is 6.56. The van der Waals surface area contributed by atoms with Crippen LogP contribution in [0.15, 0.2) is 42.5 Å². The highest BCUT2D eigenvalue weighted by atomic mass is 35.5. The Bertz CT molecular complexity index is 716. The molecule has 22 heavy (non-hydrogen) atoms. The van der Waals surface area contributed by atoms with Crippen molar-refractivity contribution < 1.29 is 4.74 Å². The quantitative estimate of drug-likeness (QED) is 0.504. The molecule has 0 N–H and O–H groups in total. The van der Waals surface area contributed by atoms with Gasteiger partial charge in [-0.25, -0.2) is 0 Å². The lowest BCUT2D eigenvalue weighted by atomic mass is 9.93. The van der Waals surface area contributed by atoms with E-state index >= 15 is 0 Å². The lowest BCUT2D eigenvalue weighted by molar-refractivity contribution is 0.284. The summed E-state index contributed by atoms with van der Waals surface area (Å²) >= 11 is 19.0. The van der Waals surface area contributed by atoms with E-state index in [1.807, 2.05) is 30.3 Å². The van der Waals surface area contributed by atoms with Crippen molar-refractivity contribution in [3.63, 3.8) is 0 Å². The number of hydrogen-bond donors (Lipinski definition) is 0. The topological polar surface area (TPSA) is 12.5 Å². The van der Waals surface area contributed by atoms with Gasteiger partial charge in [0.25, 0.3) is 0 Å². The molecule has 2 aliphatic rings. The number of epoxide rings is 1. The normalized spacial score (nSPS) is 25.0. The van der Waals surface area contributed by atoms with Gasteiger partial charge in [0.15, 0.2) is 0 Å².